The average molecular weight is 330 g/mol. The maximum absolute atomic E-state index is 12.2. The molecule has 0 bridgehead atoms. The average Bonchev–Trinajstić information content (AvgIpc) is 3.03. The van der Waals surface area contributed by atoms with E-state index in [4.69, 9.17) is 5.73 Å². The van der Waals surface area contributed by atoms with E-state index in [-0.39, 0.29) is 33.5 Å². The first-order valence-electron chi connectivity index (χ1n) is 6.02. The number of hydrogen-bond donors (Lipinski definition) is 2. The van der Waals surface area contributed by atoms with Crippen LogP contribution in [0.2, 0.25) is 0 Å². The van der Waals surface area contributed by atoms with Gasteiger partial charge in [0.05, 0.1) is 22.9 Å². The molecule has 21 heavy (non-hydrogen) atoms. The van der Waals surface area contributed by atoms with Crippen LogP contribution in [-0.2, 0) is 16.4 Å². The molecule has 0 aliphatic heterocycles. The lowest BCUT2D eigenvalue weighted by Crippen LogP contribution is -2.10. The van der Waals surface area contributed by atoms with E-state index in [1.807, 2.05) is 0 Å². The molecule has 2 aromatic heterocycles. The van der Waals surface area contributed by atoms with Crippen LogP contribution in [-0.4, -0.2) is 30.1 Å². The minimum atomic E-state index is -3.56. The number of nitrogens with one attached hydrogen (secondary N) is 1. The highest BCUT2D eigenvalue weighted by molar-refractivity contribution is 7.91. The normalized spacial score (nSPS) is 11.5. The Hall–Kier alpha value is -1.94. The van der Waals surface area contributed by atoms with Gasteiger partial charge >= 0.3 is 0 Å². The van der Waals surface area contributed by atoms with Crippen LogP contribution in [0.3, 0.4) is 0 Å². The Kier molecular flexibility index (Phi) is 4.28. The molecule has 0 spiro atoms. The Labute approximate surface area is 125 Å². The molecular formula is C11H14N4O4S2. The van der Waals surface area contributed by atoms with Crippen LogP contribution in [0.4, 0.5) is 10.7 Å². The van der Waals surface area contributed by atoms with Crippen molar-refractivity contribution in [2.75, 3.05) is 16.8 Å². The van der Waals surface area contributed by atoms with Gasteiger partial charge in [0.2, 0.25) is 6.39 Å². The fourth-order valence-corrected chi connectivity index (χ4v) is 4.25. The van der Waals surface area contributed by atoms with Gasteiger partial charge < -0.3 is 15.6 Å². The maximum Gasteiger partial charge on any atom is 0.213 e. The first kappa shape index (κ1) is 15.4. The van der Waals surface area contributed by atoms with E-state index >= 15 is 0 Å². The van der Waals surface area contributed by atoms with Crippen LogP contribution in [0, 0.1) is 0 Å². The monoisotopic (exact) mass is 330 g/mol. The molecule has 10 heteroatoms. The minimum Gasteiger partial charge on any atom is -0.396 e. The standard InChI is InChI=1S/C11H14N4O4S2/c1-3-21(17,18)10-8(12)9(6(2)16)20-11(10)13-4-7-14-5-19-15-7/h5,13H,3-4,12H2,1-2H3. The third kappa shape index (κ3) is 3.05. The summed E-state index contributed by atoms with van der Waals surface area (Å²) < 4.78 is 28.9. The van der Waals surface area contributed by atoms with Gasteiger partial charge in [-0.05, 0) is 0 Å². The second-order valence-corrected chi connectivity index (χ2v) is 7.40. The van der Waals surface area contributed by atoms with E-state index in [1.54, 1.807) is 0 Å². The third-order valence-electron chi connectivity index (χ3n) is 2.72. The van der Waals surface area contributed by atoms with Crippen molar-refractivity contribution in [3.05, 3.63) is 17.1 Å². The summed E-state index contributed by atoms with van der Waals surface area (Å²) in [7, 11) is -3.56. The highest BCUT2D eigenvalue weighted by Crippen LogP contribution is 2.40. The van der Waals surface area contributed by atoms with Crippen molar-refractivity contribution in [1.29, 1.82) is 0 Å². The number of carbonyl (C=O) groups is 1. The number of Topliss-reactive ketones (excluding diaryl/α,β-unsaturated/α-hetero) is 1. The number of sulfone groups is 1. The number of carbonyl (C=O) groups excluding carboxylic acids is 1. The number of hydrogen-bond acceptors (Lipinski definition) is 9. The molecule has 3 N–H and O–H groups in total. The fraction of sp³-hybridized carbons (Fsp3) is 0.364. The Bertz CT molecular complexity index is 750. The summed E-state index contributed by atoms with van der Waals surface area (Å²) in [6, 6.07) is 0. The van der Waals surface area contributed by atoms with E-state index in [2.05, 4.69) is 20.0 Å². The molecule has 0 aliphatic rings. The van der Waals surface area contributed by atoms with Gasteiger partial charge in [0, 0.05) is 6.92 Å². The number of rotatable bonds is 6. The molecular weight excluding hydrogens is 316 g/mol. The van der Waals surface area contributed by atoms with Crippen molar-refractivity contribution in [2.45, 2.75) is 25.3 Å². The lowest BCUT2D eigenvalue weighted by Gasteiger charge is -2.06. The zero-order valence-electron chi connectivity index (χ0n) is 11.4. The van der Waals surface area contributed by atoms with Crippen molar-refractivity contribution in [3.63, 3.8) is 0 Å². The van der Waals surface area contributed by atoms with Crippen LogP contribution in [0.15, 0.2) is 15.8 Å². The molecule has 0 aromatic carbocycles. The quantitative estimate of drug-likeness (QED) is 0.759. The van der Waals surface area contributed by atoms with E-state index in [0.717, 1.165) is 11.3 Å². The van der Waals surface area contributed by atoms with Crippen molar-refractivity contribution in [1.82, 2.24) is 10.1 Å². The predicted octanol–water partition coefficient (Wildman–Crippen LogP) is 1.32. The lowest BCUT2D eigenvalue weighted by atomic mass is 10.3. The third-order valence-corrected chi connectivity index (χ3v) is 5.92. The smallest absolute Gasteiger partial charge is 0.213 e. The summed E-state index contributed by atoms with van der Waals surface area (Å²) in [6.45, 7) is 3.02. The molecule has 0 aliphatic carbocycles. The van der Waals surface area contributed by atoms with Gasteiger partial charge in [0.1, 0.15) is 9.90 Å². The fourth-order valence-electron chi connectivity index (χ4n) is 1.69. The van der Waals surface area contributed by atoms with Crippen LogP contribution >= 0.6 is 11.3 Å². The predicted molar refractivity (Wildman–Crippen MR) is 78.1 cm³/mol. The Morgan fingerprint density at radius 2 is 2.24 bits per heavy atom. The van der Waals surface area contributed by atoms with Crippen LogP contribution in [0.1, 0.15) is 29.3 Å². The molecule has 0 fully saturated rings. The molecule has 8 nitrogen and oxygen atoms in total. The van der Waals surface area contributed by atoms with E-state index in [9.17, 15) is 13.2 Å². The van der Waals surface area contributed by atoms with E-state index < -0.39 is 9.84 Å². The molecule has 0 amide bonds. The van der Waals surface area contributed by atoms with Gasteiger partial charge in [-0.25, -0.2) is 8.42 Å². The summed E-state index contributed by atoms with van der Waals surface area (Å²) >= 11 is 1.01. The van der Waals surface area contributed by atoms with E-state index in [0.29, 0.717) is 10.8 Å². The lowest BCUT2D eigenvalue weighted by molar-refractivity contribution is 0.102. The van der Waals surface area contributed by atoms with Gasteiger partial charge in [-0.1, -0.05) is 12.1 Å². The maximum atomic E-state index is 12.2. The van der Waals surface area contributed by atoms with Crippen LogP contribution in [0.5, 0.6) is 0 Å². The number of aromatic nitrogens is 2. The molecule has 0 atom stereocenters. The largest absolute Gasteiger partial charge is 0.396 e. The molecule has 0 saturated heterocycles. The summed E-state index contributed by atoms with van der Waals surface area (Å²) in [6.07, 6.45) is 1.17. The Balaban J connectivity index is 2.43. The van der Waals surface area contributed by atoms with Crippen LogP contribution in [0.25, 0.3) is 0 Å². The zero-order chi connectivity index (χ0) is 15.6. The zero-order valence-corrected chi connectivity index (χ0v) is 13.0. The Morgan fingerprint density at radius 1 is 1.52 bits per heavy atom. The number of nitrogens with zero attached hydrogens (tertiary/aromatic N) is 2. The molecule has 114 valence electrons. The molecule has 0 radical (unpaired) electrons. The first-order valence-corrected chi connectivity index (χ1v) is 8.48. The molecule has 0 unspecified atom stereocenters. The summed E-state index contributed by atoms with van der Waals surface area (Å²) in [5, 5.41) is 6.82. The number of nitrogens with two attached hydrogens (primary N) is 1. The van der Waals surface area contributed by atoms with Crippen LogP contribution < -0.4 is 11.1 Å². The second kappa shape index (κ2) is 5.82. The van der Waals surface area contributed by atoms with Gasteiger partial charge in [-0.3, -0.25) is 4.79 Å². The van der Waals surface area contributed by atoms with Crippen molar-refractivity contribution in [2.24, 2.45) is 0 Å². The van der Waals surface area contributed by atoms with Crippen molar-refractivity contribution in [3.8, 4) is 0 Å². The molecule has 0 saturated carbocycles. The van der Waals surface area contributed by atoms with Gasteiger partial charge in [0.15, 0.2) is 21.4 Å². The van der Waals surface area contributed by atoms with Gasteiger partial charge in [-0.2, -0.15) is 4.98 Å². The number of nitrogen functional groups attached to an aromatic ring is 1. The summed E-state index contributed by atoms with van der Waals surface area (Å²) in [5.74, 6) is -0.0221. The first-order chi connectivity index (χ1) is 9.86. The second-order valence-electron chi connectivity index (χ2n) is 4.16. The summed E-state index contributed by atoms with van der Waals surface area (Å²) in [5.41, 5.74) is 5.83. The van der Waals surface area contributed by atoms with Crippen molar-refractivity contribution >= 4 is 37.6 Å². The van der Waals surface area contributed by atoms with Gasteiger partial charge in [0.25, 0.3) is 0 Å². The summed E-state index contributed by atoms with van der Waals surface area (Å²) in [4.78, 5) is 15.6. The number of anilines is 2. The molecule has 2 aromatic rings. The molecule has 2 heterocycles. The molecule has 2 rings (SSSR count). The number of ketones is 1. The van der Waals surface area contributed by atoms with E-state index in [1.165, 1.54) is 20.2 Å². The highest BCUT2D eigenvalue weighted by atomic mass is 32.2. The number of thiophene rings is 1. The minimum absolute atomic E-state index is 0.00929. The van der Waals surface area contributed by atoms with Gasteiger partial charge in [-0.15, -0.1) is 11.3 Å². The SMILES string of the molecule is CCS(=O)(=O)c1c(NCc2ncon2)sc(C(C)=O)c1N. The van der Waals surface area contributed by atoms with Crippen molar-refractivity contribution < 1.29 is 17.7 Å². The highest BCUT2D eigenvalue weighted by Gasteiger charge is 2.27. The Morgan fingerprint density at radius 3 is 2.76 bits per heavy atom. The topological polar surface area (TPSA) is 128 Å².